The molecule has 3 aliphatic heterocycles. The van der Waals surface area contributed by atoms with E-state index in [2.05, 4.69) is 0 Å². The Morgan fingerprint density at radius 2 is 1.56 bits per heavy atom. The third-order valence-electron chi connectivity index (χ3n) is 3.15. The van der Waals surface area contributed by atoms with Crippen LogP contribution in [0.1, 0.15) is 13.8 Å². The predicted molar refractivity (Wildman–Crippen MR) is 50.4 cm³/mol. The van der Waals surface area contributed by atoms with E-state index in [4.69, 9.17) is 23.7 Å². The highest BCUT2D eigenvalue weighted by molar-refractivity contribution is 4.95. The minimum Gasteiger partial charge on any atom is -0.366 e. The smallest absolute Gasteiger partial charge is 0.184 e. The van der Waals surface area contributed by atoms with Crippen molar-refractivity contribution in [3.63, 3.8) is 0 Å². The van der Waals surface area contributed by atoms with E-state index in [1.807, 2.05) is 6.92 Å². The van der Waals surface area contributed by atoms with Gasteiger partial charge < -0.3 is 28.8 Å². The van der Waals surface area contributed by atoms with Crippen molar-refractivity contribution < 1.29 is 28.8 Å². The number of hydrogen-bond acceptors (Lipinski definition) is 6. The Bertz CT molecular complexity index is 272. The predicted octanol–water partition coefficient (Wildman–Crippen LogP) is -0.405. The molecule has 3 rings (SSSR count). The second kappa shape index (κ2) is 3.90. The monoisotopic (exact) mass is 232 g/mol. The van der Waals surface area contributed by atoms with Crippen LogP contribution >= 0.6 is 0 Å². The van der Waals surface area contributed by atoms with Crippen LogP contribution in [-0.4, -0.2) is 55.0 Å². The average molecular weight is 232 g/mol. The fraction of sp³-hybridized carbons (Fsp3) is 1.00. The largest absolute Gasteiger partial charge is 0.366 e. The van der Waals surface area contributed by atoms with E-state index < -0.39 is 12.4 Å². The molecule has 3 aliphatic rings. The van der Waals surface area contributed by atoms with Gasteiger partial charge in [0.1, 0.15) is 24.4 Å². The lowest BCUT2D eigenvalue weighted by Crippen LogP contribution is -2.61. The van der Waals surface area contributed by atoms with Crippen molar-refractivity contribution in [2.75, 3.05) is 6.61 Å². The summed E-state index contributed by atoms with van der Waals surface area (Å²) >= 11 is 0. The topological polar surface area (TPSA) is 66.4 Å². The molecule has 0 saturated carbocycles. The van der Waals surface area contributed by atoms with Crippen LogP contribution < -0.4 is 0 Å². The molecule has 0 spiro atoms. The maximum Gasteiger partial charge on any atom is 0.184 e. The molecule has 0 amide bonds. The summed E-state index contributed by atoms with van der Waals surface area (Å²) in [4.78, 5) is 0. The minimum atomic E-state index is -0.975. The number of rotatable bonds is 0. The van der Waals surface area contributed by atoms with Crippen LogP contribution in [0, 0.1) is 0 Å². The fourth-order valence-corrected chi connectivity index (χ4v) is 2.46. The van der Waals surface area contributed by atoms with Crippen molar-refractivity contribution >= 4 is 0 Å². The summed E-state index contributed by atoms with van der Waals surface area (Å²) in [6.45, 7) is 4.03. The van der Waals surface area contributed by atoms with Gasteiger partial charge in [-0.2, -0.15) is 0 Å². The first-order valence-corrected chi connectivity index (χ1v) is 5.56. The van der Waals surface area contributed by atoms with Crippen molar-refractivity contribution in [3.8, 4) is 0 Å². The van der Waals surface area contributed by atoms with E-state index in [1.54, 1.807) is 6.92 Å². The lowest BCUT2D eigenvalue weighted by atomic mass is 9.98. The summed E-state index contributed by atoms with van der Waals surface area (Å²) in [5, 5.41) is 9.76. The molecule has 7 atom stereocenters. The Morgan fingerprint density at radius 1 is 0.875 bits per heavy atom. The Kier molecular flexibility index (Phi) is 2.66. The van der Waals surface area contributed by atoms with E-state index in [0.29, 0.717) is 6.61 Å². The van der Waals surface area contributed by atoms with Crippen molar-refractivity contribution in [2.45, 2.75) is 57.1 Å². The van der Waals surface area contributed by atoms with Gasteiger partial charge in [0.25, 0.3) is 0 Å². The van der Waals surface area contributed by atoms with Crippen LogP contribution in [0.5, 0.6) is 0 Å². The molecular formula is C10H16O6. The molecule has 0 aromatic rings. The third kappa shape index (κ3) is 1.66. The number of ether oxygens (including phenoxy) is 5. The number of fused-ring (bicyclic) bond motifs is 3. The second-order valence-electron chi connectivity index (χ2n) is 4.34. The highest BCUT2D eigenvalue weighted by Gasteiger charge is 2.54. The molecule has 0 radical (unpaired) electrons. The van der Waals surface area contributed by atoms with Crippen molar-refractivity contribution in [2.24, 2.45) is 0 Å². The highest BCUT2D eigenvalue weighted by Crippen LogP contribution is 2.35. The zero-order valence-corrected chi connectivity index (χ0v) is 9.24. The van der Waals surface area contributed by atoms with Crippen LogP contribution in [0.25, 0.3) is 0 Å². The van der Waals surface area contributed by atoms with Crippen molar-refractivity contribution in [1.29, 1.82) is 0 Å². The van der Waals surface area contributed by atoms with Crippen molar-refractivity contribution in [1.82, 2.24) is 0 Å². The van der Waals surface area contributed by atoms with Gasteiger partial charge in [0, 0.05) is 0 Å². The molecule has 0 aliphatic carbocycles. The zero-order valence-electron chi connectivity index (χ0n) is 9.24. The Morgan fingerprint density at radius 3 is 2.38 bits per heavy atom. The molecule has 0 aromatic carbocycles. The summed E-state index contributed by atoms with van der Waals surface area (Å²) in [6.07, 6.45) is -2.87. The van der Waals surface area contributed by atoms with E-state index >= 15 is 0 Å². The molecule has 6 heteroatoms. The highest BCUT2D eigenvalue weighted by atomic mass is 16.8. The van der Waals surface area contributed by atoms with Crippen LogP contribution in [0.15, 0.2) is 0 Å². The van der Waals surface area contributed by atoms with E-state index in [0.717, 1.165) is 0 Å². The molecule has 3 heterocycles. The first-order chi connectivity index (χ1) is 7.65. The zero-order chi connectivity index (χ0) is 11.3. The molecule has 3 fully saturated rings. The molecule has 3 unspecified atom stereocenters. The number of aliphatic hydroxyl groups excluding tert-OH is 1. The van der Waals surface area contributed by atoms with Gasteiger partial charge in [-0.3, -0.25) is 0 Å². The van der Waals surface area contributed by atoms with Gasteiger partial charge in [0.2, 0.25) is 0 Å². The Hall–Kier alpha value is -0.240. The van der Waals surface area contributed by atoms with Crippen LogP contribution in [0.3, 0.4) is 0 Å². The van der Waals surface area contributed by atoms with Crippen molar-refractivity contribution in [3.05, 3.63) is 0 Å². The van der Waals surface area contributed by atoms with Crippen LogP contribution in [0.4, 0.5) is 0 Å². The quantitative estimate of drug-likeness (QED) is 0.612. The standard InChI is InChI=1S/C10H16O6/c1-4-12-3-6-7(13-4)8-9(10(11)16-6)15-5(2)14-8/h4-11H,3H2,1-2H3/t4?,5?,6-,7?,8+,9-,10+/m1/s1. The lowest BCUT2D eigenvalue weighted by molar-refractivity contribution is -0.333. The molecule has 0 aromatic heterocycles. The SMILES string of the molecule is CC1OC[C@H]2O[C@H](O)[C@@H]3OC(C)O[C@H]3C2O1. The fourth-order valence-electron chi connectivity index (χ4n) is 2.46. The number of aliphatic hydroxyl groups is 1. The molecule has 6 nitrogen and oxygen atoms in total. The first-order valence-electron chi connectivity index (χ1n) is 5.56. The lowest BCUT2D eigenvalue weighted by Gasteiger charge is -2.44. The molecule has 1 N–H and O–H groups in total. The van der Waals surface area contributed by atoms with Gasteiger partial charge in [0.15, 0.2) is 18.9 Å². The Labute approximate surface area is 93.4 Å². The molecule has 3 saturated heterocycles. The summed E-state index contributed by atoms with van der Waals surface area (Å²) in [5.74, 6) is 0. The van der Waals surface area contributed by atoms with Gasteiger partial charge in [-0.25, -0.2) is 0 Å². The van der Waals surface area contributed by atoms with Gasteiger partial charge >= 0.3 is 0 Å². The normalized spacial score (nSPS) is 56.8. The van der Waals surface area contributed by atoms with Gasteiger partial charge in [-0.1, -0.05) is 0 Å². The summed E-state index contributed by atoms with van der Waals surface area (Å²) in [7, 11) is 0. The minimum absolute atomic E-state index is 0.234. The summed E-state index contributed by atoms with van der Waals surface area (Å²) in [5.41, 5.74) is 0. The maximum absolute atomic E-state index is 9.76. The van der Waals surface area contributed by atoms with E-state index in [9.17, 15) is 5.11 Å². The molecular weight excluding hydrogens is 216 g/mol. The van der Waals surface area contributed by atoms with Gasteiger partial charge in [-0.15, -0.1) is 0 Å². The third-order valence-corrected chi connectivity index (χ3v) is 3.15. The molecule has 16 heavy (non-hydrogen) atoms. The van der Waals surface area contributed by atoms with E-state index in [1.165, 1.54) is 0 Å². The van der Waals surface area contributed by atoms with Gasteiger partial charge in [-0.05, 0) is 13.8 Å². The van der Waals surface area contributed by atoms with Crippen LogP contribution in [0.2, 0.25) is 0 Å². The van der Waals surface area contributed by atoms with Crippen LogP contribution in [-0.2, 0) is 23.7 Å². The van der Waals surface area contributed by atoms with E-state index in [-0.39, 0.29) is 30.9 Å². The molecule has 0 bridgehead atoms. The molecule has 92 valence electrons. The van der Waals surface area contributed by atoms with Gasteiger partial charge in [0.05, 0.1) is 6.61 Å². The maximum atomic E-state index is 9.76. The second-order valence-corrected chi connectivity index (χ2v) is 4.34. The first kappa shape index (κ1) is 10.9. The summed E-state index contributed by atoms with van der Waals surface area (Å²) in [6, 6.07) is 0. The average Bonchev–Trinajstić information content (AvgIpc) is 2.62. The number of hydrogen-bond donors (Lipinski definition) is 1. The summed E-state index contributed by atoms with van der Waals surface area (Å²) < 4.78 is 27.4. The Balaban J connectivity index is 1.80.